The molecule has 0 radical (unpaired) electrons. The Kier molecular flexibility index (Phi) is 4.17. The second kappa shape index (κ2) is 4.16. The molecule has 0 saturated carbocycles. The van der Waals surface area contributed by atoms with E-state index in [1.165, 1.54) is 6.66 Å². The maximum absolute atomic E-state index is 11.0. The maximum Gasteiger partial charge on any atom is 0.226 e. The van der Waals surface area contributed by atoms with Crippen molar-refractivity contribution in [1.29, 1.82) is 0 Å². The van der Waals surface area contributed by atoms with Gasteiger partial charge in [-0.15, -0.1) is 0 Å². The van der Waals surface area contributed by atoms with Crippen LogP contribution in [0.25, 0.3) is 0 Å². The summed E-state index contributed by atoms with van der Waals surface area (Å²) in [4.78, 5) is 9.04. The van der Waals surface area contributed by atoms with Crippen molar-refractivity contribution < 1.29 is 28.9 Å². The van der Waals surface area contributed by atoms with Crippen LogP contribution in [0.2, 0.25) is 0 Å². The van der Waals surface area contributed by atoms with Crippen molar-refractivity contribution in [2.45, 2.75) is 0 Å². The van der Waals surface area contributed by atoms with E-state index in [0.29, 0.717) is 5.30 Å². The molecule has 1 rings (SSSR count). The monoisotopic (exact) mass is 220 g/mol. The molecule has 0 amide bonds. The van der Waals surface area contributed by atoms with Crippen molar-refractivity contribution >= 4 is 12.7 Å². The number of rotatable bonds is 1. The molecule has 0 saturated heterocycles. The predicted octanol–water partition coefficient (Wildman–Crippen LogP) is 1.21. The topological polar surface area (TPSA) is 37.3 Å². The van der Waals surface area contributed by atoms with E-state index in [4.69, 9.17) is 4.89 Å². The SMILES string of the molecule is CP(=O)(O)c1ccccc1.[Zn]. The molecule has 56 valence electrons. The summed E-state index contributed by atoms with van der Waals surface area (Å²) >= 11 is 0. The van der Waals surface area contributed by atoms with Crippen LogP contribution >= 0.6 is 7.37 Å². The van der Waals surface area contributed by atoms with Crippen LogP contribution in [0.1, 0.15) is 0 Å². The van der Waals surface area contributed by atoms with Gasteiger partial charge in [0.2, 0.25) is 7.37 Å². The smallest absolute Gasteiger partial charge is 0.226 e. The zero-order valence-corrected chi connectivity index (χ0v) is 10.3. The summed E-state index contributed by atoms with van der Waals surface area (Å²) in [5.41, 5.74) is 0. The average Bonchev–Trinajstić information content (AvgIpc) is 1.88. The van der Waals surface area contributed by atoms with Crippen molar-refractivity contribution in [3.8, 4) is 0 Å². The van der Waals surface area contributed by atoms with Crippen LogP contribution in [0.3, 0.4) is 0 Å². The van der Waals surface area contributed by atoms with Gasteiger partial charge < -0.3 is 4.89 Å². The van der Waals surface area contributed by atoms with Gasteiger partial charge >= 0.3 is 0 Å². The number of hydrogen-bond donors (Lipinski definition) is 1. The van der Waals surface area contributed by atoms with Gasteiger partial charge in [0.1, 0.15) is 0 Å². The largest absolute Gasteiger partial charge is 0.341 e. The normalized spacial score (nSPS) is 14.7. The summed E-state index contributed by atoms with van der Waals surface area (Å²) in [7, 11) is -3.02. The molecule has 1 unspecified atom stereocenters. The zero-order valence-electron chi connectivity index (χ0n) is 6.40. The molecular weight excluding hydrogens is 212 g/mol. The van der Waals surface area contributed by atoms with Crippen LogP contribution in [0.4, 0.5) is 0 Å². The maximum atomic E-state index is 11.0. The van der Waals surface area contributed by atoms with Gasteiger partial charge in [-0.1, -0.05) is 18.2 Å². The first kappa shape index (κ1) is 11.0. The predicted molar refractivity (Wildman–Crippen MR) is 41.8 cm³/mol. The quantitative estimate of drug-likeness (QED) is 0.572. The Morgan fingerprint density at radius 3 is 2.00 bits per heavy atom. The average molecular weight is 222 g/mol. The van der Waals surface area contributed by atoms with Crippen molar-refractivity contribution in [3.05, 3.63) is 30.3 Å². The van der Waals surface area contributed by atoms with E-state index >= 15 is 0 Å². The van der Waals surface area contributed by atoms with E-state index in [1.807, 2.05) is 6.07 Å². The molecular formula is C7H9O2PZn. The Balaban J connectivity index is 0.000001000. The minimum atomic E-state index is -3.02. The molecule has 0 aromatic heterocycles. The first-order chi connectivity index (χ1) is 4.61. The van der Waals surface area contributed by atoms with E-state index in [-0.39, 0.29) is 19.5 Å². The minimum Gasteiger partial charge on any atom is -0.341 e. The van der Waals surface area contributed by atoms with Crippen LogP contribution < -0.4 is 5.30 Å². The molecule has 0 aliphatic rings. The van der Waals surface area contributed by atoms with E-state index in [1.54, 1.807) is 24.3 Å². The first-order valence-corrected chi connectivity index (χ1v) is 5.07. The summed E-state index contributed by atoms with van der Waals surface area (Å²) < 4.78 is 11.0. The third-order valence-corrected chi connectivity index (χ3v) is 2.49. The Bertz CT molecular complexity index is 254. The molecule has 1 atom stereocenters. The van der Waals surface area contributed by atoms with Crippen LogP contribution in [-0.2, 0) is 24.0 Å². The van der Waals surface area contributed by atoms with Gasteiger partial charge in [-0.25, -0.2) is 0 Å². The van der Waals surface area contributed by atoms with Gasteiger partial charge in [0.25, 0.3) is 0 Å². The fourth-order valence-electron chi connectivity index (χ4n) is 0.705. The fourth-order valence-corrected chi connectivity index (χ4v) is 1.43. The van der Waals surface area contributed by atoms with Gasteiger partial charge in [0.15, 0.2) is 0 Å². The number of hydrogen-bond acceptors (Lipinski definition) is 1. The van der Waals surface area contributed by atoms with Crippen molar-refractivity contribution in [3.63, 3.8) is 0 Å². The van der Waals surface area contributed by atoms with E-state index < -0.39 is 7.37 Å². The van der Waals surface area contributed by atoms with E-state index in [9.17, 15) is 4.57 Å². The second-order valence-electron chi connectivity index (χ2n) is 2.21. The molecule has 0 spiro atoms. The molecule has 11 heavy (non-hydrogen) atoms. The standard InChI is InChI=1S/C7H9O2P.Zn/c1-10(8,9)7-5-3-2-4-6-7;/h2-6H,1H3,(H,8,9);. The van der Waals surface area contributed by atoms with Crippen molar-refractivity contribution in [1.82, 2.24) is 0 Å². The van der Waals surface area contributed by atoms with Gasteiger partial charge in [-0.2, -0.15) is 0 Å². The zero-order chi connectivity index (χ0) is 7.61. The summed E-state index contributed by atoms with van der Waals surface area (Å²) in [5, 5.41) is 0.509. The molecule has 0 fully saturated rings. The Morgan fingerprint density at radius 2 is 1.73 bits per heavy atom. The van der Waals surface area contributed by atoms with E-state index in [0.717, 1.165) is 0 Å². The molecule has 1 N–H and O–H groups in total. The molecule has 2 nitrogen and oxygen atoms in total. The third kappa shape index (κ3) is 3.29. The fraction of sp³-hybridized carbons (Fsp3) is 0.143. The second-order valence-corrected chi connectivity index (χ2v) is 4.49. The van der Waals surface area contributed by atoms with E-state index in [2.05, 4.69) is 0 Å². The number of benzene rings is 1. The molecule has 0 aliphatic heterocycles. The minimum absolute atomic E-state index is 0. The van der Waals surface area contributed by atoms with Crippen LogP contribution in [0.15, 0.2) is 30.3 Å². The molecule has 0 bridgehead atoms. The van der Waals surface area contributed by atoms with Gasteiger partial charge in [0, 0.05) is 31.4 Å². The van der Waals surface area contributed by atoms with Gasteiger partial charge in [0.05, 0.1) is 0 Å². The molecule has 1 aromatic rings. The van der Waals surface area contributed by atoms with Crippen LogP contribution in [0, 0.1) is 0 Å². The first-order valence-electron chi connectivity index (χ1n) is 2.96. The Morgan fingerprint density at radius 1 is 1.27 bits per heavy atom. The summed E-state index contributed by atoms with van der Waals surface area (Å²) in [6, 6.07) is 8.63. The van der Waals surface area contributed by atoms with Gasteiger partial charge in [-0.3, -0.25) is 4.57 Å². The summed E-state index contributed by atoms with van der Waals surface area (Å²) in [6.07, 6.45) is 0. The summed E-state index contributed by atoms with van der Waals surface area (Å²) in [6.45, 7) is 1.34. The molecule has 0 aliphatic carbocycles. The molecule has 0 heterocycles. The summed E-state index contributed by atoms with van der Waals surface area (Å²) in [5.74, 6) is 0. The van der Waals surface area contributed by atoms with Crippen LogP contribution in [0.5, 0.6) is 0 Å². The molecule has 4 heteroatoms. The Labute approximate surface area is 78.9 Å². The Hall–Kier alpha value is 0.0334. The van der Waals surface area contributed by atoms with Gasteiger partial charge in [-0.05, 0) is 12.1 Å². The van der Waals surface area contributed by atoms with Crippen molar-refractivity contribution in [2.24, 2.45) is 0 Å². The van der Waals surface area contributed by atoms with Crippen molar-refractivity contribution in [2.75, 3.05) is 6.66 Å². The molecule has 1 aromatic carbocycles. The van der Waals surface area contributed by atoms with Crippen LogP contribution in [-0.4, -0.2) is 11.6 Å². The third-order valence-electron chi connectivity index (χ3n) is 1.24.